The summed E-state index contributed by atoms with van der Waals surface area (Å²) in [5.41, 5.74) is 1.05. The van der Waals surface area contributed by atoms with Crippen LogP contribution in [0.4, 0.5) is 0 Å². The van der Waals surface area contributed by atoms with E-state index in [1.807, 2.05) is 30.3 Å². The van der Waals surface area contributed by atoms with Crippen LogP contribution in [0.2, 0.25) is 0 Å². The molecule has 0 radical (unpaired) electrons. The van der Waals surface area contributed by atoms with Crippen LogP contribution in [0.15, 0.2) is 30.3 Å². The molecule has 0 saturated carbocycles. The van der Waals surface area contributed by atoms with Crippen molar-refractivity contribution in [2.75, 3.05) is 0 Å². The Morgan fingerprint density at radius 2 is 1.70 bits per heavy atom. The first kappa shape index (κ1) is 9.90. The van der Waals surface area contributed by atoms with Crippen LogP contribution < -0.4 is 18.9 Å². The molecule has 1 aromatic carbocycles. The summed E-state index contributed by atoms with van der Waals surface area (Å²) in [5, 5.41) is 0. The van der Waals surface area contributed by atoms with Gasteiger partial charge in [-0.05, 0) is 0 Å². The molecule has 0 amide bonds. The second kappa shape index (κ2) is 5.66. The minimum absolute atomic E-state index is 0. The second-order valence-corrected chi connectivity index (χ2v) is 2.02. The van der Waals surface area contributed by atoms with Crippen molar-refractivity contribution in [1.82, 2.24) is 0 Å². The van der Waals surface area contributed by atoms with Crippen LogP contribution in [-0.2, 0) is 0 Å². The first-order valence-electron chi connectivity index (χ1n) is 2.61. The van der Waals surface area contributed by atoms with Gasteiger partial charge in [0.1, 0.15) is 0 Å². The normalized spacial score (nSPS) is 6.80. The standard InChI is InChI=1S/C8H6Se.Li/c9-7-6-8-4-2-1-3-5-8;/h1-5,9H;/q;+1/p-1. The molecular formula is C8H5LiSe. The fourth-order valence-corrected chi connectivity index (χ4v) is 0.828. The van der Waals surface area contributed by atoms with Crippen LogP contribution in [0.25, 0.3) is 0 Å². The molecule has 0 aliphatic carbocycles. The fourth-order valence-electron chi connectivity index (χ4n) is 0.580. The molecule has 0 aliphatic rings. The summed E-state index contributed by atoms with van der Waals surface area (Å²) in [4.78, 5) is 2.71. The average Bonchev–Trinajstić information content (AvgIpc) is 1.91. The average molecular weight is 187 g/mol. The van der Waals surface area contributed by atoms with E-state index in [4.69, 9.17) is 0 Å². The van der Waals surface area contributed by atoms with Crippen LogP contribution in [-0.4, -0.2) is 16.0 Å². The van der Waals surface area contributed by atoms with Gasteiger partial charge in [0, 0.05) is 0 Å². The van der Waals surface area contributed by atoms with Crippen LogP contribution in [0.3, 0.4) is 0 Å². The monoisotopic (exact) mass is 188 g/mol. The number of benzene rings is 1. The molecule has 0 heterocycles. The Balaban J connectivity index is 0.000000810. The Hall–Kier alpha value is -0.103. The molecule has 10 heavy (non-hydrogen) atoms. The molecule has 0 aliphatic heterocycles. The molecule has 44 valence electrons. The molecule has 0 fully saturated rings. The Kier molecular flexibility index (Phi) is 5.61. The van der Waals surface area contributed by atoms with Gasteiger partial charge in [0.15, 0.2) is 0 Å². The Morgan fingerprint density at radius 3 is 2.20 bits per heavy atom. The summed E-state index contributed by atoms with van der Waals surface area (Å²) < 4.78 is 0. The van der Waals surface area contributed by atoms with Gasteiger partial charge in [0.2, 0.25) is 0 Å². The predicted octanol–water partition coefficient (Wildman–Crippen LogP) is -1.83. The zero-order valence-corrected chi connectivity index (χ0v) is 7.51. The van der Waals surface area contributed by atoms with Crippen molar-refractivity contribution in [2.45, 2.75) is 0 Å². The Morgan fingerprint density at radius 1 is 1.10 bits per heavy atom. The van der Waals surface area contributed by atoms with E-state index in [1.54, 1.807) is 0 Å². The van der Waals surface area contributed by atoms with Crippen LogP contribution in [0, 0.1) is 10.7 Å². The van der Waals surface area contributed by atoms with E-state index < -0.39 is 0 Å². The first-order valence-corrected chi connectivity index (χ1v) is 3.47. The zero-order valence-electron chi connectivity index (χ0n) is 5.79. The summed E-state index contributed by atoms with van der Waals surface area (Å²) in [5.74, 6) is 2.90. The van der Waals surface area contributed by atoms with E-state index in [1.165, 1.54) is 0 Å². The van der Waals surface area contributed by atoms with E-state index in [0.717, 1.165) is 5.56 Å². The van der Waals surface area contributed by atoms with E-state index in [-0.39, 0.29) is 18.9 Å². The maximum absolute atomic E-state index is 2.90. The molecule has 0 nitrogen and oxygen atoms in total. The fraction of sp³-hybridized carbons (Fsp3) is 0. The minimum atomic E-state index is 0. The van der Waals surface area contributed by atoms with Gasteiger partial charge < -0.3 is 0 Å². The summed E-state index contributed by atoms with van der Waals surface area (Å²) >= 11 is 2.63. The van der Waals surface area contributed by atoms with Gasteiger partial charge in [-0.1, -0.05) is 0 Å². The van der Waals surface area contributed by atoms with Crippen LogP contribution in [0.5, 0.6) is 0 Å². The molecular weight excluding hydrogens is 182 g/mol. The second-order valence-electron chi connectivity index (χ2n) is 1.59. The molecule has 0 saturated heterocycles. The van der Waals surface area contributed by atoms with Gasteiger partial charge in [0.25, 0.3) is 0 Å². The molecule has 0 unspecified atom stereocenters. The van der Waals surface area contributed by atoms with Crippen molar-refractivity contribution in [3.05, 3.63) is 35.9 Å². The van der Waals surface area contributed by atoms with Gasteiger partial charge in [-0.15, -0.1) is 0 Å². The first-order chi connectivity index (χ1) is 4.43. The van der Waals surface area contributed by atoms with Gasteiger partial charge in [-0.2, -0.15) is 0 Å². The van der Waals surface area contributed by atoms with Crippen molar-refractivity contribution in [3.8, 4) is 10.7 Å². The molecule has 1 rings (SSSR count). The number of hydrogen-bond acceptors (Lipinski definition) is 0. The zero-order chi connectivity index (χ0) is 6.53. The van der Waals surface area contributed by atoms with Gasteiger partial charge in [0.05, 0.1) is 0 Å². The molecule has 0 bridgehead atoms. The summed E-state index contributed by atoms with van der Waals surface area (Å²) in [6.07, 6.45) is 0. The third-order valence-electron chi connectivity index (χ3n) is 0.969. The number of rotatable bonds is 0. The van der Waals surface area contributed by atoms with Crippen molar-refractivity contribution >= 4 is 16.0 Å². The third-order valence-corrected chi connectivity index (χ3v) is 1.18. The van der Waals surface area contributed by atoms with Crippen LogP contribution >= 0.6 is 0 Å². The topological polar surface area (TPSA) is 0 Å². The van der Waals surface area contributed by atoms with Crippen molar-refractivity contribution in [1.29, 1.82) is 0 Å². The summed E-state index contributed by atoms with van der Waals surface area (Å²) in [6, 6.07) is 9.87. The van der Waals surface area contributed by atoms with E-state index in [2.05, 4.69) is 26.8 Å². The van der Waals surface area contributed by atoms with Crippen molar-refractivity contribution in [2.24, 2.45) is 0 Å². The van der Waals surface area contributed by atoms with Crippen molar-refractivity contribution < 1.29 is 18.9 Å². The molecule has 0 spiro atoms. The van der Waals surface area contributed by atoms with Gasteiger partial charge in [-0.3, -0.25) is 0 Å². The van der Waals surface area contributed by atoms with E-state index in [9.17, 15) is 0 Å². The maximum atomic E-state index is 2.90. The van der Waals surface area contributed by atoms with Gasteiger partial charge >= 0.3 is 81.5 Å². The molecule has 0 atom stereocenters. The van der Waals surface area contributed by atoms with E-state index >= 15 is 0 Å². The Labute approximate surface area is 81.4 Å². The quantitative estimate of drug-likeness (QED) is 0.331. The SMILES string of the molecule is [Li+].[Se-]C#Cc1ccccc1. The van der Waals surface area contributed by atoms with Crippen LogP contribution in [0.1, 0.15) is 5.56 Å². The molecule has 2 heteroatoms. The number of hydrogen-bond donors (Lipinski definition) is 0. The van der Waals surface area contributed by atoms with E-state index in [0.29, 0.717) is 0 Å². The van der Waals surface area contributed by atoms with Gasteiger partial charge in [-0.25, -0.2) is 0 Å². The summed E-state index contributed by atoms with van der Waals surface area (Å²) in [7, 11) is 0. The Bertz CT molecular complexity index is 232. The van der Waals surface area contributed by atoms with Crippen molar-refractivity contribution in [3.63, 3.8) is 0 Å². The molecule has 1 aromatic rings. The molecule has 0 aromatic heterocycles. The predicted molar refractivity (Wildman–Crippen MR) is 39.1 cm³/mol. The molecule has 0 N–H and O–H groups in total. The summed E-state index contributed by atoms with van der Waals surface area (Å²) in [6.45, 7) is 0. The third kappa shape index (κ3) is 3.16.